The van der Waals surface area contributed by atoms with Crippen LogP contribution in [0.1, 0.15) is 6.92 Å². The predicted octanol–water partition coefficient (Wildman–Crippen LogP) is 2.47. The van der Waals surface area contributed by atoms with Gasteiger partial charge in [0.15, 0.2) is 0 Å². The summed E-state index contributed by atoms with van der Waals surface area (Å²) in [6.07, 6.45) is 3.48. The zero-order valence-electron chi connectivity index (χ0n) is 10.1. The predicted molar refractivity (Wildman–Crippen MR) is 73.5 cm³/mol. The van der Waals surface area contributed by atoms with Crippen LogP contribution < -0.4 is 5.73 Å². The van der Waals surface area contributed by atoms with Crippen molar-refractivity contribution in [3.05, 3.63) is 30.6 Å². The second-order valence-electron chi connectivity index (χ2n) is 3.67. The Morgan fingerprint density at radius 1 is 1.44 bits per heavy atom. The number of nitrogens with zero attached hydrogens (tertiary/aromatic N) is 1. The summed E-state index contributed by atoms with van der Waals surface area (Å²) in [7, 11) is 0. The number of carbonyl (C=O) groups excluding carboxylic acids is 1. The lowest BCUT2D eigenvalue weighted by molar-refractivity contribution is -0.139. The summed E-state index contributed by atoms with van der Waals surface area (Å²) in [6.45, 7) is 2.19. The summed E-state index contributed by atoms with van der Waals surface area (Å²) in [5.74, 6) is 0.0472. The molecule has 0 radical (unpaired) electrons. The van der Waals surface area contributed by atoms with E-state index in [1.54, 1.807) is 19.3 Å². The highest BCUT2D eigenvalue weighted by Crippen LogP contribution is 2.31. The molecule has 4 nitrogen and oxygen atoms in total. The Labute approximate surface area is 110 Å². The van der Waals surface area contributed by atoms with Crippen LogP contribution in [0.2, 0.25) is 0 Å². The molecule has 0 spiro atoms. The van der Waals surface area contributed by atoms with Crippen molar-refractivity contribution in [2.24, 2.45) is 0 Å². The molecule has 0 aliphatic rings. The highest BCUT2D eigenvalue weighted by molar-refractivity contribution is 8.00. The van der Waals surface area contributed by atoms with Crippen LogP contribution in [-0.2, 0) is 9.53 Å². The van der Waals surface area contributed by atoms with Gasteiger partial charge in [0.25, 0.3) is 0 Å². The number of pyridine rings is 1. The molecule has 2 aromatic rings. The van der Waals surface area contributed by atoms with Crippen molar-refractivity contribution in [2.45, 2.75) is 11.8 Å². The third kappa shape index (κ3) is 2.73. The number of hydrogen-bond donors (Lipinski definition) is 1. The van der Waals surface area contributed by atoms with E-state index >= 15 is 0 Å². The normalized spacial score (nSPS) is 10.5. The van der Waals surface area contributed by atoms with Gasteiger partial charge in [-0.15, -0.1) is 11.8 Å². The second-order valence-corrected chi connectivity index (χ2v) is 4.69. The molecule has 0 aliphatic carbocycles. The first kappa shape index (κ1) is 12.7. The van der Waals surface area contributed by atoms with E-state index in [9.17, 15) is 4.79 Å². The molecule has 1 heterocycles. The third-order valence-electron chi connectivity index (χ3n) is 2.47. The van der Waals surface area contributed by atoms with Crippen LogP contribution in [0.15, 0.2) is 35.5 Å². The Bertz CT molecular complexity index is 572. The van der Waals surface area contributed by atoms with Crippen LogP contribution >= 0.6 is 11.8 Å². The average molecular weight is 262 g/mol. The summed E-state index contributed by atoms with van der Waals surface area (Å²) in [4.78, 5) is 16.2. The number of nitrogen functional groups attached to an aromatic ring is 1. The highest BCUT2D eigenvalue weighted by atomic mass is 32.2. The van der Waals surface area contributed by atoms with E-state index in [1.807, 2.05) is 18.2 Å². The molecular formula is C13H14N2O2S. The van der Waals surface area contributed by atoms with Crippen molar-refractivity contribution in [3.63, 3.8) is 0 Å². The topological polar surface area (TPSA) is 65.2 Å². The molecule has 18 heavy (non-hydrogen) atoms. The van der Waals surface area contributed by atoms with Crippen LogP contribution in [0.5, 0.6) is 0 Å². The minimum Gasteiger partial charge on any atom is -0.465 e. The third-order valence-corrected chi connectivity index (χ3v) is 3.52. The number of esters is 1. The monoisotopic (exact) mass is 262 g/mol. The number of ether oxygens (including phenoxy) is 1. The van der Waals surface area contributed by atoms with Crippen LogP contribution in [0.3, 0.4) is 0 Å². The van der Waals surface area contributed by atoms with Gasteiger partial charge in [-0.05, 0) is 19.1 Å². The molecule has 94 valence electrons. The van der Waals surface area contributed by atoms with Gasteiger partial charge in [-0.2, -0.15) is 0 Å². The first-order chi connectivity index (χ1) is 8.72. The molecule has 1 aromatic carbocycles. The highest BCUT2D eigenvalue weighted by Gasteiger charge is 2.08. The summed E-state index contributed by atoms with van der Waals surface area (Å²) >= 11 is 1.39. The standard InChI is InChI=1S/C13H14N2O2S/c1-2-17-12(16)8-18-11-4-3-9-7-15-6-5-10(9)13(11)14/h3-7H,2,8,14H2,1H3. The zero-order valence-corrected chi connectivity index (χ0v) is 10.9. The lowest BCUT2D eigenvalue weighted by Crippen LogP contribution is -2.06. The maximum atomic E-state index is 11.3. The SMILES string of the molecule is CCOC(=O)CSc1ccc2cnccc2c1N. The van der Waals surface area contributed by atoms with E-state index in [0.29, 0.717) is 12.3 Å². The average Bonchev–Trinajstić information content (AvgIpc) is 2.39. The van der Waals surface area contributed by atoms with Crippen molar-refractivity contribution in [2.75, 3.05) is 18.1 Å². The molecule has 0 saturated carbocycles. The van der Waals surface area contributed by atoms with Crippen LogP contribution in [0, 0.1) is 0 Å². The number of benzene rings is 1. The van der Waals surface area contributed by atoms with E-state index in [0.717, 1.165) is 15.7 Å². The number of thioether (sulfide) groups is 1. The van der Waals surface area contributed by atoms with E-state index in [1.165, 1.54) is 11.8 Å². The van der Waals surface area contributed by atoms with Gasteiger partial charge in [-0.3, -0.25) is 9.78 Å². The van der Waals surface area contributed by atoms with Crippen molar-refractivity contribution in [1.82, 2.24) is 4.98 Å². The molecule has 0 atom stereocenters. The van der Waals surface area contributed by atoms with E-state index < -0.39 is 0 Å². The lowest BCUT2D eigenvalue weighted by Gasteiger charge is -2.08. The number of hydrogen-bond acceptors (Lipinski definition) is 5. The summed E-state index contributed by atoms with van der Waals surface area (Å²) < 4.78 is 4.88. The van der Waals surface area contributed by atoms with Crippen molar-refractivity contribution < 1.29 is 9.53 Å². The Morgan fingerprint density at radius 3 is 3.06 bits per heavy atom. The van der Waals surface area contributed by atoms with Gasteiger partial charge in [0.05, 0.1) is 18.0 Å². The maximum absolute atomic E-state index is 11.3. The quantitative estimate of drug-likeness (QED) is 0.521. The van der Waals surface area contributed by atoms with Crippen LogP contribution in [0.4, 0.5) is 5.69 Å². The molecule has 0 amide bonds. The smallest absolute Gasteiger partial charge is 0.316 e. The fourth-order valence-corrected chi connectivity index (χ4v) is 2.42. The largest absolute Gasteiger partial charge is 0.465 e. The lowest BCUT2D eigenvalue weighted by atomic mass is 10.1. The molecule has 2 N–H and O–H groups in total. The van der Waals surface area contributed by atoms with Crippen LogP contribution in [-0.4, -0.2) is 23.3 Å². The minimum absolute atomic E-state index is 0.225. The Kier molecular flexibility index (Phi) is 4.04. The number of aromatic nitrogens is 1. The molecule has 0 bridgehead atoms. The number of fused-ring (bicyclic) bond motifs is 1. The molecule has 5 heteroatoms. The Balaban J connectivity index is 2.19. The second kappa shape index (κ2) is 5.73. The number of nitrogens with two attached hydrogens (primary N) is 1. The minimum atomic E-state index is -0.225. The van der Waals surface area contributed by atoms with Crippen molar-refractivity contribution in [3.8, 4) is 0 Å². The van der Waals surface area contributed by atoms with E-state index in [-0.39, 0.29) is 11.7 Å². The van der Waals surface area contributed by atoms with Gasteiger partial charge in [0, 0.05) is 28.1 Å². The fraction of sp³-hybridized carbons (Fsp3) is 0.231. The van der Waals surface area contributed by atoms with Crippen molar-refractivity contribution >= 4 is 34.2 Å². The summed E-state index contributed by atoms with van der Waals surface area (Å²) in [5, 5.41) is 1.95. The molecule has 0 fully saturated rings. The van der Waals surface area contributed by atoms with Gasteiger partial charge in [0.1, 0.15) is 0 Å². The van der Waals surface area contributed by atoms with Crippen molar-refractivity contribution in [1.29, 1.82) is 0 Å². The number of anilines is 1. The molecule has 0 unspecified atom stereocenters. The molecule has 1 aromatic heterocycles. The van der Waals surface area contributed by atoms with Crippen LogP contribution in [0.25, 0.3) is 10.8 Å². The van der Waals surface area contributed by atoms with Gasteiger partial charge in [0.2, 0.25) is 0 Å². The zero-order chi connectivity index (χ0) is 13.0. The van der Waals surface area contributed by atoms with E-state index in [2.05, 4.69) is 4.98 Å². The molecule has 0 aliphatic heterocycles. The first-order valence-electron chi connectivity index (χ1n) is 5.63. The van der Waals surface area contributed by atoms with Gasteiger partial charge >= 0.3 is 5.97 Å². The fourth-order valence-electron chi connectivity index (χ4n) is 1.64. The van der Waals surface area contributed by atoms with Gasteiger partial charge in [-0.25, -0.2) is 0 Å². The Morgan fingerprint density at radius 2 is 2.28 bits per heavy atom. The Hall–Kier alpha value is -1.75. The summed E-state index contributed by atoms with van der Waals surface area (Å²) in [6, 6.07) is 5.73. The number of rotatable bonds is 4. The maximum Gasteiger partial charge on any atom is 0.316 e. The van der Waals surface area contributed by atoms with E-state index in [4.69, 9.17) is 10.5 Å². The van der Waals surface area contributed by atoms with Gasteiger partial charge < -0.3 is 10.5 Å². The molecular weight excluding hydrogens is 248 g/mol. The van der Waals surface area contributed by atoms with Gasteiger partial charge in [-0.1, -0.05) is 6.07 Å². The first-order valence-corrected chi connectivity index (χ1v) is 6.61. The molecule has 2 rings (SSSR count). The summed E-state index contributed by atoms with van der Waals surface area (Å²) in [5.41, 5.74) is 6.76. The molecule has 0 saturated heterocycles. The number of carbonyl (C=O) groups is 1.